The summed E-state index contributed by atoms with van der Waals surface area (Å²) >= 11 is 0. The van der Waals surface area contributed by atoms with Crippen LogP contribution in [-0.2, 0) is 58.4 Å². The molecule has 4 atom stereocenters. The zero-order valence-electron chi connectivity index (χ0n) is 63.7. The number of piperidine rings is 3. The molecule has 1 aromatic carbocycles. The molecule has 14 heteroatoms. The predicted molar refractivity (Wildman–Crippen MR) is 429 cm³/mol. The summed E-state index contributed by atoms with van der Waals surface area (Å²) < 4.78 is 0. The van der Waals surface area contributed by atoms with E-state index in [1.165, 1.54) is 220 Å². The average Bonchev–Trinajstić information content (AvgIpc) is 0.885. The van der Waals surface area contributed by atoms with Crippen LogP contribution >= 0.6 is 15.8 Å². The van der Waals surface area contributed by atoms with Gasteiger partial charge in [0.25, 0.3) is 0 Å². The molecule has 0 bridgehead atoms. The fourth-order valence-corrected chi connectivity index (χ4v) is 30.4. The van der Waals surface area contributed by atoms with Crippen molar-refractivity contribution in [3.63, 3.8) is 0 Å². The Kier molecular flexibility index (Phi) is 54.2. The molecular formula is C86H149N9P2Ru3+7. The Hall–Kier alpha value is 0.570. The second-order valence-corrected chi connectivity index (χ2v) is 39.6. The molecule has 4 aliphatic heterocycles. The Balaban J connectivity index is 0.000000212. The minimum Gasteiger partial charge on any atom is -0.702 e. The van der Waals surface area contributed by atoms with Gasteiger partial charge in [0, 0.05) is 15.8 Å². The van der Waals surface area contributed by atoms with Crippen LogP contribution in [-0.4, -0.2) is 102 Å². The van der Waals surface area contributed by atoms with Crippen LogP contribution in [0.3, 0.4) is 0 Å². The largest absolute Gasteiger partial charge is 6.00 e. The maximum atomic E-state index is 6.25. The van der Waals surface area contributed by atoms with Gasteiger partial charge in [-0.1, -0.05) is 237 Å². The first-order chi connectivity index (χ1) is 48.2. The molecule has 565 valence electrons. The van der Waals surface area contributed by atoms with Gasteiger partial charge in [0.15, 0.2) is 0 Å². The molecule has 3 saturated heterocycles. The summed E-state index contributed by atoms with van der Waals surface area (Å²) in [6.07, 6.45) is 95.4. The Morgan fingerprint density at radius 3 is 0.730 bits per heavy atom. The predicted octanol–water partition coefficient (Wildman–Crippen LogP) is 28.1. The van der Waals surface area contributed by atoms with Crippen LogP contribution in [0.1, 0.15) is 379 Å². The van der Waals surface area contributed by atoms with Gasteiger partial charge in [-0.15, -0.1) is 49.9 Å². The molecule has 14 aliphatic rings. The van der Waals surface area contributed by atoms with Crippen molar-refractivity contribution in [3.8, 4) is 0 Å². The van der Waals surface area contributed by atoms with Crippen LogP contribution in [0, 0.1) is 11.8 Å². The zero-order valence-corrected chi connectivity index (χ0v) is 70.9. The Bertz CT molecular complexity index is 1740. The summed E-state index contributed by atoms with van der Waals surface area (Å²) in [5.41, 5.74) is 7.36. The summed E-state index contributed by atoms with van der Waals surface area (Å²) in [6, 6.07) is 12.5. The first-order valence-electron chi connectivity index (χ1n) is 43.2. The fourth-order valence-electron chi connectivity index (χ4n) is 20.0. The molecule has 9 nitrogen and oxygen atoms in total. The summed E-state index contributed by atoms with van der Waals surface area (Å²) in [5, 5.41) is 43.4. The number of nitrogens with zero attached hydrogens (tertiary/aromatic N) is 9. The van der Waals surface area contributed by atoms with Crippen LogP contribution < -0.4 is 0 Å². The average molecular weight is 1670 g/mol. The Labute approximate surface area is 659 Å². The van der Waals surface area contributed by atoms with E-state index in [9.17, 15) is 0 Å². The van der Waals surface area contributed by atoms with Crippen LogP contribution in [0.5, 0.6) is 0 Å². The second-order valence-electron chi connectivity index (χ2n) is 32.7. The van der Waals surface area contributed by atoms with Crippen LogP contribution in [0.2, 0.25) is 0 Å². The molecule has 13 fully saturated rings. The summed E-state index contributed by atoms with van der Waals surface area (Å²) in [5.74, 6) is 0. The monoisotopic (exact) mass is 1680 g/mol. The van der Waals surface area contributed by atoms with E-state index in [2.05, 4.69) is 27.3 Å². The zero-order chi connectivity index (χ0) is 67.1. The van der Waals surface area contributed by atoms with Gasteiger partial charge in [-0.3, -0.25) is 0 Å². The van der Waals surface area contributed by atoms with Crippen molar-refractivity contribution in [1.82, 2.24) is 0 Å². The van der Waals surface area contributed by atoms with Crippen molar-refractivity contribution < 1.29 is 58.4 Å². The van der Waals surface area contributed by atoms with E-state index in [4.69, 9.17) is 33.1 Å². The van der Waals surface area contributed by atoms with E-state index in [1.807, 2.05) is 48.7 Å². The van der Waals surface area contributed by atoms with E-state index < -0.39 is 0 Å². The first-order valence-corrected chi connectivity index (χ1v) is 46.6. The Morgan fingerprint density at radius 2 is 0.530 bits per heavy atom. The molecule has 10 aliphatic carbocycles. The molecule has 0 N–H and O–H groups in total. The molecule has 100 heavy (non-hydrogen) atoms. The number of allylic oxidation sites excluding steroid dienone is 2. The molecule has 0 aromatic heterocycles. The maximum absolute atomic E-state index is 6.25. The molecule has 0 spiro atoms. The standard InChI is InChI=1S/2C18H33P.3C11H20N2.C11H16N2.C5H5.CN.3Ru/c2*1-4-10-16(11-5-1)19(17-12-6-2-7-13-17)18-14-8-3-9-15-18;4*1-2-6-10(7-3-1)13-11-8-4-5-9-12-11;1-2-4-5-3-1;1-2;;;/h2*16-18H,1-15H2;3*10-11H,1-9H2;4-5,8-11H,1-3,6-7H2;1-5H;;;;/q;;4*-2;2*-1;+4;+5;+6/p+2. The number of hydrogen-bond acceptors (Lipinski definition) is 1. The van der Waals surface area contributed by atoms with Gasteiger partial charge in [0.1, 0.15) is 0 Å². The van der Waals surface area contributed by atoms with Crippen LogP contribution in [0.4, 0.5) is 0 Å². The van der Waals surface area contributed by atoms with Crippen LogP contribution in [0.25, 0.3) is 42.5 Å². The van der Waals surface area contributed by atoms with Crippen molar-refractivity contribution in [2.45, 2.75) is 462 Å². The fraction of sp³-hybridized carbons (Fsp3) is 0.884. The summed E-state index contributed by atoms with van der Waals surface area (Å²) in [6.45, 7) is 7.92. The normalized spacial score (nSPS) is 27.6. The van der Waals surface area contributed by atoms with E-state index in [1.54, 1.807) is 193 Å². The smallest absolute Gasteiger partial charge is 0.702 e. The molecule has 1 radical (unpaired) electrons. The third-order valence-electron chi connectivity index (χ3n) is 25.2. The van der Waals surface area contributed by atoms with Gasteiger partial charge in [0.2, 0.25) is 0 Å². The molecule has 15 rings (SSSR count). The van der Waals surface area contributed by atoms with E-state index in [0.29, 0.717) is 42.7 Å². The third kappa shape index (κ3) is 37.8. The molecule has 10 saturated carbocycles. The topological polar surface area (TPSA) is 137 Å². The molecule has 0 amide bonds. The van der Waals surface area contributed by atoms with Crippen LogP contribution in [0.15, 0.2) is 54.8 Å². The van der Waals surface area contributed by atoms with Gasteiger partial charge < -0.3 is 54.4 Å². The summed E-state index contributed by atoms with van der Waals surface area (Å²) in [4.78, 5) is 0. The van der Waals surface area contributed by atoms with Crippen molar-refractivity contribution in [1.29, 1.82) is 5.26 Å². The van der Waals surface area contributed by atoms with E-state index in [0.717, 1.165) is 19.6 Å². The van der Waals surface area contributed by atoms with Gasteiger partial charge >= 0.3 is 58.4 Å². The summed E-state index contributed by atoms with van der Waals surface area (Å²) in [7, 11) is -0.0930. The molecule has 4 unspecified atom stereocenters. The van der Waals surface area contributed by atoms with Crippen molar-refractivity contribution >= 4 is 15.8 Å². The number of rotatable bonds is 14. The Morgan fingerprint density at radius 1 is 0.300 bits per heavy atom. The van der Waals surface area contributed by atoms with E-state index in [-0.39, 0.29) is 80.4 Å². The van der Waals surface area contributed by atoms with Gasteiger partial charge in [0.05, 0.1) is 34.0 Å². The van der Waals surface area contributed by atoms with E-state index >= 15 is 0 Å². The first kappa shape index (κ1) is 91.2. The molecule has 1 aromatic rings. The quantitative estimate of drug-likeness (QED) is 0.102. The maximum Gasteiger partial charge on any atom is 6.00 e. The molecular weight excluding hydrogens is 1520 g/mol. The van der Waals surface area contributed by atoms with Gasteiger partial charge in [-0.2, -0.15) is 24.4 Å². The second kappa shape index (κ2) is 59.4. The van der Waals surface area contributed by atoms with Crippen molar-refractivity contribution in [2.75, 3.05) is 19.6 Å². The van der Waals surface area contributed by atoms with Crippen molar-refractivity contribution in [3.05, 3.63) is 104 Å². The third-order valence-corrected chi connectivity index (χ3v) is 34.3. The SMILES string of the molecule is C1=C[N-]C([N-]C2CCCCC2)C=C1.C1CCC([N-]C2CCCC[N-]2)CC1.C1CCC([N-]C2CCCC[N-]2)CC1.C1CCC([N-]C2CCCC[N-]2)CC1.C1CCC([PH+](C2CCCCC2)C2CCCCC2)CC1.C1CCC([PH+](C2CCCCC2)C2CCCCC2)CC1.[C-]#N.[Ru+4].[Ru+5].[Ru+6].c1cc[cH-]c1. The van der Waals surface area contributed by atoms with Gasteiger partial charge in [-0.05, 0) is 154 Å². The van der Waals surface area contributed by atoms with Gasteiger partial charge in [-0.25, -0.2) is 36.8 Å². The molecule has 4 heterocycles. The minimum atomic E-state index is -0.0465. The number of hydrogen-bond donors (Lipinski definition) is 0. The minimum absolute atomic E-state index is 0. The van der Waals surface area contributed by atoms with Crippen molar-refractivity contribution in [2.24, 2.45) is 0 Å².